The first-order chi connectivity index (χ1) is 16.0. The highest BCUT2D eigenvalue weighted by Crippen LogP contribution is 2.24. The summed E-state index contributed by atoms with van der Waals surface area (Å²) in [5.74, 6) is 1.31. The number of fused-ring (bicyclic) bond motifs is 3. The van der Waals surface area contributed by atoms with E-state index in [2.05, 4.69) is 47.1 Å². The summed E-state index contributed by atoms with van der Waals surface area (Å²) < 4.78 is 3.40. The van der Waals surface area contributed by atoms with E-state index in [0.717, 1.165) is 18.6 Å². The van der Waals surface area contributed by atoms with Crippen LogP contribution in [-0.4, -0.2) is 56.2 Å². The van der Waals surface area contributed by atoms with Crippen LogP contribution in [0.5, 0.6) is 0 Å². The van der Waals surface area contributed by atoms with Gasteiger partial charge in [-0.15, -0.1) is 10.2 Å². The van der Waals surface area contributed by atoms with Crippen LogP contribution in [0.2, 0.25) is 0 Å². The number of amides is 1. The van der Waals surface area contributed by atoms with E-state index in [0.29, 0.717) is 42.9 Å². The number of hydrogen-bond donors (Lipinski definition) is 0. The Morgan fingerprint density at radius 2 is 1.73 bits per heavy atom. The minimum atomic E-state index is -0.102. The summed E-state index contributed by atoms with van der Waals surface area (Å²) in [6.07, 6.45) is 0.834. The molecule has 0 unspecified atom stereocenters. The molecule has 5 rings (SSSR count). The van der Waals surface area contributed by atoms with Gasteiger partial charge in [0.15, 0.2) is 0 Å². The molecule has 4 aromatic rings. The van der Waals surface area contributed by atoms with Crippen LogP contribution in [0, 0.1) is 13.8 Å². The third-order valence-electron chi connectivity index (χ3n) is 6.80. The van der Waals surface area contributed by atoms with Gasteiger partial charge in [-0.05, 0) is 43.2 Å². The zero-order chi connectivity index (χ0) is 23.1. The van der Waals surface area contributed by atoms with Gasteiger partial charge in [-0.2, -0.15) is 0 Å². The molecule has 0 spiro atoms. The van der Waals surface area contributed by atoms with Crippen molar-refractivity contribution >= 4 is 28.3 Å². The van der Waals surface area contributed by atoms with Crippen molar-refractivity contribution in [2.45, 2.75) is 26.7 Å². The van der Waals surface area contributed by atoms with Crippen LogP contribution in [0.3, 0.4) is 0 Å². The molecule has 8 heteroatoms. The maximum Gasteiger partial charge on any atom is 0.262 e. The van der Waals surface area contributed by atoms with Gasteiger partial charge in [0.1, 0.15) is 5.82 Å². The molecule has 0 aliphatic carbocycles. The molecule has 1 fully saturated rings. The van der Waals surface area contributed by atoms with E-state index in [4.69, 9.17) is 0 Å². The molecule has 1 saturated heterocycles. The largest absolute Gasteiger partial charge is 0.368 e. The number of aromatic nitrogens is 4. The highest BCUT2D eigenvalue weighted by Gasteiger charge is 2.23. The Kier molecular flexibility index (Phi) is 5.36. The number of carbonyl (C=O) groups excluding carboxylic acids is 1. The molecule has 0 N–H and O–H groups in total. The Balaban J connectivity index is 1.29. The molecule has 170 valence electrons. The second-order valence-corrected chi connectivity index (χ2v) is 8.72. The Hall–Kier alpha value is -3.68. The summed E-state index contributed by atoms with van der Waals surface area (Å²) in [6, 6.07) is 13.8. The van der Waals surface area contributed by atoms with Gasteiger partial charge in [0, 0.05) is 51.8 Å². The molecule has 2 aromatic heterocycles. The van der Waals surface area contributed by atoms with Crippen LogP contribution in [0.25, 0.3) is 16.7 Å². The van der Waals surface area contributed by atoms with E-state index >= 15 is 0 Å². The summed E-state index contributed by atoms with van der Waals surface area (Å²) in [4.78, 5) is 29.9. The number of hydrogen-bond acceptors (Lipinski definition) is 5. The molecule has 1 amide bonds. The summed E-state index contributed by atoms with van der Waals surface area (Å²) in [7, 11) is 1.70. The smallest absolute Gasteiger partial charge is 0.262 e. The third kappa shape index (κ3) is 3.65. The molecule has 1 aliphatic heterocycles. The molecular formula is C25H28N6O2. The SMILES string of the molecule is Cc1cccc(N2CCN(C(=O)CCc3nnc4n(C)c(=O)c5ccccc5n34)CC2)c1C. The Morgan fingerprint density at radius 1 is 0.970 bits per heavy atom. The van der Waals surface area contributed by atoms with Gasteiger partial charge in [-0.3, -0.25) is 18.6 Å². The second kappa shape index (κ2) is 8.35. The molecule has 2 aromatic carbocycles. The molecule has 3 heterocycles. The highest BCUT2D eigenvalue weighted by atomic mass is 16.2. The van der Waals surface area contributed by atoms with Gasteiger partial charge in [0.25, 0.3) is 5.56 Å². The number of aryl methyl sites for hydroxylation is 3. The lowest BCUT2D eigenvalue weighted by molar-refractivity contribution is -0.131. The average molecular weight is 445 g/mol. The minimum absolute atomic E-state index is 0.102. The van der Waals surface area contributed by atoms with Gasteiger partial charge < -0.3 is 9.80 Å². The molecule has 1 aliphatic rings. The molecule has 0 saturated carbocycles. The van der Waals surface area contributed by atoms with Crippen molar-refractivity contribution in [1.82, 2.24) is 24.1 Å². The maximum atomic E-state index is 13.0. The Labute approximate surface area is 192 Å². The lowest BCUT2D eigenvalue weighted by Gasteiger charge is -2.37. The summed E-state index contributed by atoms with van der Waals surface area (Å²) >= 11 is 0. The first-order valence-electron chi connectivity index (χ1n) is 11.4. The van der Waals surface area contributed by atoms with E-state index in [1.165, 1.54) is 21.4 Å². The maximum absolute atomic E-state index is 13.0. The Bertz CT molecular complexity index is 1410. The van der Waals surface area contributed by atoms with Crippen molar-refractivity contribution in [3.63, 3.8) is 0 Å². The number of benzene rings is 2. The lowest BCUT2D eigenvalue weighted by atomic mass is 10.1. The van der Waals surface area contributed by atoms with Gasteiger partial charge in [0.2, 0.25) is 11.7 Å². The molecule has 0 bridgehead atoms. The minimum Gasteiger partial charge on any atom is -0.368 e. The monoisotopic (exact) mass is 444 g/mol. The molecule has 33 heavy (non-hydrogen) atoms. The second-order valence-electron chi connectivity index (χ2n) is 8.72. The summed E-state index contributed by atoms with van der Waals surface area (Å²) in [5, 5.41) is 9.14. The fourth-order valence-corrected chi connectivity index (χ4v) is 4.71. The van der Waals surface area contributed by atoms with E-state index in [-0.39, 0.29) is 11.5 Å². The first-order valence-corrected chi connectivity index (χ1v) is 11.4. The van der Waals surface area contributed by atoms with Crippen molar-refractivity contribution in [3.8, 4) is 0 Å². The van der Waals surface area contributed by atoms with Crippen molar-refractivity contribution in [2.75, 3.05) is 31.1 Å². The van der Waals surface area contributed by atoms with Gasteiger partial charge in [-0.25, -0.2) is 0 Å². The number of para-hydroxylation sites is 1. The van der Waals surface area contributed by atoms with Gasteiger partial charge in [0.05, 0.1) is 10.9 Å². The fraction of sp³-hybridized carbons (Fsp3) is 0.360. The highest BCUT2D eigenvalue weighted by molar-refractivity contribution is 5.80. The van der Waals surface area contributed by atoms with Crippen LogP contribution in [0.15, 0.2) is 47.3 Å². The van der Waals surface area contributed by atoms with E-state index in [9.17, 15) is 9.59 Å². The van der Waals surface area contributed by atoms with E-state index < -0.39 is 0 Å². The number of rotatable bonds is 4. The lowest BCUT2D eigenvalue weighted by Crippen LogP contribution is -2.49. The first kappa shape index (κ1) is 21.2. The molecular weight excluding hydrogens is 416 g/mol. The number of carbonyl (C=O) groups is 1. The number of anilines is 1. The summed E-state index contributed by atoms with van der Waals surface area (Å²) in [6.45, 7) is 7.38. The standard InChI is InChI=1S/C25H28N6O2/c1-17-7-6-10-20(18(17)2)29-13-15-30(16-14-29)23(32)12-11-22-26-27-25-28(3)24(33)19-8-4-5-9-21(19)31(22)25/h4-10H,11-16H2,1-3H3. The summed E-state index contributed by atoms with van der Waals surface area (Å²) in [5.41, 5.74) is 4.52. The molecule has 0 radical (unpaired) electrons. The van der Waals surface area contributed by atoms with Gasteiger partial charge in [-0.1, -0.05) is 24.3 Å². The van der Waals surface area contributed by atoms with Crippen molar-refractivity contribution in [3.05, 3.63) is 69.8 Å². The van der Waals surface area contributed by atoms with Crippen molar-refractivity contribution < 1.29 is 4.79 Å². The molecule has 0 atom stereocenters. The van der Waals surface area contributed by atoms with Crippen LogP contribution in [-0.2, 0) is 18.3 Å². The predicted molar refractivity (Wildman–Crippen MR) is 129 cm³/mol. The van der Waals surface area contributed by atoms with E-state index in [1.807, 2.05) is 33.6 Å². The zero-order valence-corrected chi connectivity index (χ0v) is 19.3. The quantitative estimate of drug-likeness (QED) is 0.483. The van der Waals surface area contributed by atoms with Crippen molar-refractivity contribution in [2.24, 2.45) is 7.05 Å². The zero-order valence-electron chi connectivity index (χ0n) is 19.3. The number of nitrogens with zero attached hydrogens (tertiary/aromatic N) is 6. The average Bonchev–Trinajstić information content (AvgIpc) is 3.27. The topological polar surface area (TPSA) is 75.7 Å². The normalized spacial score (nSPS) is 14.4. The van der Waals surface area contributed by atoms with Gasteiger partial charge >= 0.3 is 0 Å². The van der Waals surface area contributed by atoms with Crippen LogP contribution in [0.4, 0.5) is 5.69 Å². The van der Waals surface area contributed by atoms with E-state index in [1.54, 1.807) is 7.05 Å². The third-order valence-corrected chi connectivity index (χ3v) is 6.80. The molecule has 8 nitrogen and oxygen atoms in total. The van der Waals surface area contributed by atoms with Crippen LogP contribution >= 0.6 is 0 Å². The van der Waals surface area contributed by atoms with Crippen LogP contribution < -0.4 is 10.5 Å². The van der Waals surface area contributed by atoms with Crippen LogP contribution in [0.1, 0.15) is 23.4 Å². The Morgan fingerprint density at radius 3 is 2.52 bits per heavy atom. The van der Waals surface area contributed by atoms with Crippen molar-refractivity contribution in [1.29, 1.82) is 0 Å². The fourth-order valence-electron chi connectivity index (χ4n) is 4.71. The number of piperazine rings is 1. The predicted octanol–water partition coefficient (Wildman–Crippen LogP) is 2.48.